The molecule has 0 aromatic heterocycles. The maximum absolute atomic E-state index is 12.9. The van der Waals surface area contributed by atoms with Gasteiger partial charge in [-0.25, -0.2) is 9.69 Å². The standard InChI is InChI=1S/C20H18N2O6/c1-21-18(24)14(9-12-10-15(27-2)17(23)16(11-12)28-3)19(25)22(20(21)26)13-7-5-4-6-8-13/h4-11,23H,1-3H3/b14-9+. The predicted octanol–water partition coefficient (Wildman–Crippen LogP) is 2.42. The van der Waals surface area contributed by atoms with Crippen molar-refractivity contribution in [2.24, 2.45) is 0 Å². The Labute approximate surface area is 161 Å². The first-order valence-corrected chi connectivity index (χ1v) is 8.27. The fourth-order valence-electron chi connectivity index (χ4n) is 2.81. The quantitative estimate of drug-likeness (QED) is 0.644. The molecule has 4 amide bonds. The SMILES string of the molecule is COc1cc(/C=C2\C(=O)N(C)C(=O)N(c3ccccc3)C2=O)cc(OC)c1O. The van der Waals surface area contributed by atoms with Gasteiger partial charge in [0.2, 0.25) is 5.75 Å². The highest BCUT2D eigenvalue weighted by Gasteiger charge is 2.40. The van der Waals surface area contributed by atoms with Crippen LogP contribution in [0.1, 0.15) is 5.56 Å². The number of nitrogens with zero attached hydrogens (tertiary/aromatic N) is 2. The Balaban J connectivity index is 2.11. The molecule has 144 valence electrons. The van der Waals surface area contributed by atoms with E-state index in [1.807, 2.05) is 0 Å². The van der Waals surface area contributed by atoms with Crippen LogP contribution in [0.5, 0.6) is 17.2 Å². The van der Waals surface area contributed by atoms with E-state index < -0.39 is 17.8 Å². The summed E-state index contributed by atoms with van der Waals surface area (Å²) in [6.45, 7) is 0. The maximum Gasteiger partial charge on any atom is 0.338 e. The number of aromatic hydroxyl groups is 1. The lowest BCUT2D eigenvalue weighted by molar-refractivity contribution is -0.128. The van der Waals surface area contributed by atoms with Crippen LogP contribution in [0, 0.1) is 0 Å². The van der Waals surface area contributed by atoms with Gasteiger partial charge in [-0.05, 0) is 35.9 Å². The second kappa shape index (κ2) is 7.43. The second-order valence-electron chi connectivity index (χ2n) is 5.95. The van der Waals surface area contributed by atoms with Gasteiger partial charge >= 0.3 is 6.03 Å². The molecule has 2 aromatic carbocycles. The first kappa shape index (κ1) is 19.0. The minimum absolute atomic E-state index is 0.117. The Morgan fingerprint density at radius 2 is 1.50 bits per heavy atom. The summed E-state index contributed by atoms with van der Waals surface area (Å²) in [5.41, 5.74) is 0.531. The van der Waals surface area contributed by atoms with Gasteiger partial charge in [-0.15, -0.1) is 0 Å². The summed E-state index contributed by atoms with van der Waals surface area (Å²) in [6, 6.07) is 10.5. The van der Waals surface area contributed by atoms with Crippen LogP contribution >= 0.6 is 0 Å². The minimum atomic E-state index is -0.745. The molecule has 1 aliphatic heterocycles. The number of carbonyl (C=O) groups excluding carboxylic acids is 3. The van der Waals surface area contributed by atoms with Crippen LogP contribution in [0.2, 0.25) is 0 Å². The number of rotatable bonds is 4. The highest BCUT2D eigenvalue weighted by Crippen LogP contribution is 2.38. The van der Waals surface area contributed by atoms with E-state index in [2.05, 4.69) is 0 Å². The van der Waals surface area contributed by atoms with Crippen LogP contribution in [0.4, 0.5) is 10.5 Å². The number of ether oxygens (including phenoxy) is 2. The van der Waals surface area contributed by atoms with Crippen molar-refractivity contribution in [3.63, 3.8) is 0 Å². The third-order valence-corrected chi connectivity index (χ3v) is 4.27. The number of likely N-dealkylation sites (N-methyl/N-ethyl adjacent to an activating group) is 1. The van der Waals surface area contributed by atoms with Gasteiger partial charge in [-0.1, -0.05) is 18.2 Å². The molecule has 0 saturated carbocycles. The number of carbonyl (C=O) groups is 3. The first-order valence-electron chi connectivity index (χ1n) is 8.27. The number of hydrogen-bond donors (Lipinski definition) is 1. The van der Waals surface area contributed by atoms with Gasteiger partial charge < -0.3 is 14.6 Å². The maximum atomic E-state index is 12.9. The number of anilines is 1. The summed E-state index contributed by atoms with van der Waals surface area (Å²) in [4.78, 5) is 39.8. The van der Waals surface area contributed by atoms with Crippen molar-refractivity contribution in [1.29, 1.82) is 0 Å². The van der Waals surface area contributed by atoms with E-state index in [-0.39, 0.29) is 22.8 Å². The Morgan fingerprint density at radius 3 is 2.04 bits per heavy atom. The molecule has 28 heavy (non-hydrogen) atoms. The van der Waals surface area contributed by atoms with Gasteiger partial charge in [-0.3, -0.25) is 14.5 Å². The lowest BCUT2D eigenvalue weighted by Gasteiger charge is -2.31. The summed E-state index contributed by atoms with van der Waals surface area (Å²) in [5.74, 6) is -1.44. The van der Waals surface area contributed by atoms with Crippen molar-refractivity contribution >= 4 is 29.6 Å². The largest absolute Gasteiger partial charge is 0.502 e. The van der Waals surface area contributed by atoms with Crippen LogP contribution in [0.25, 0.3) is 6.08 Å². The summed E-state index contributed by atoms with van der Waals surface area (Å²) < 4.78 is 10.2. The molecule has 2 aromatic rings. The fourth-order valence-corrected chi connectivity index (χ4v) is 2.81. The number of hydrogen-bond acceptors (Lipinski definition) is 6. The first-order chi connectivity index (χ1) is 13.4. The fraction of sp³-hybridized carbons (Fsp3) is 0.150. The Kier molecular flexibility index (Phi) is 5.04. The molecule has 8 nitrogen and oxygen atoms in total. The van der Waals surface area contributed by atoms with Crippen molar-refractivity contribution in [1.82, 2.24) is 4.90 Å². The van der Waals surface area contributed by atoms with Crippen LogP contribution in [-0.4, -0.2) is 49.1 Å². The van der Waals surface area contributed by atoms with Crippen LogP contribution < -0.4 is 14.4 Å². The molecule has 0 radical (unpaired) electrons. The summed E-state index contributed by atoms with van der Waals surface area (Å²) in [7, 11) is 4.04. The van der Waals surface area contributed by atoms with Crippen molar-refractivity contribution in [3.05, 3.63) is 53.6 Å². The zero-order valence-electron chi connectivity index (χ0n) is 15.5. The predicted molar refractivity (Wildman–Crippen MR) is 101 cm³/mol. The lowest BCUT2D eigenvalue weighted by Crippen LogP contribution is -2.55. The Morgan fingerprint density at radius 1 is 0.929 bits per heavy atom. The number of phenols is 1. The lowest BCUT2D eigenvalue weighted by atomic mass is 10.0. The summed E-state index contributed by atoms with van der Waals surface area (Å²) in [5, 5.41) is 10.0. The van der Waals surface area contributed by atoms with Crippen LogP contribution in [0.15, 0.2) is 48.0 Å². The Hall–Kier alpha value is -3.81. The molecule has 1 fully saturated rings. The smallest absolute Gasteiger partial charge is 0.338 e. The molecule has 1 aliphatic rings. The molecule has 0 spiro atoms. The van der Waals surface area contributed by atoms with E-state index in [4.69, 9.17) is 9.47 Å². The zero-order valence-corrected chi connectivity index (χ0v) is 15.5. The van der Waals surface area contributed by atoms with Crippen LogP contribution in [-0.2, 0) is 9.59 Å². The average molecular weight is 382 g/mol. The van der Waals surface area contributed by atoms with Crippen molar-refractivity contribution in [2.75, 3.05) is 26.2 Å². The molecule has 0 atom stereocenters. The number of para-hydroxylation sites is 1. The van der Waals surface area contributed by atoms with E-state index in [0.29, 0.717) is 11.3 Å². The van der Waals surface area contributed by atoms with Gasteiger partial charge in [0.1, 0.15) is 5.57 Å². The number of barbiturate groups is 1. The number of urea groups is 1. The second-order valence-corrected chi connectivity index (χ2v) is 5.95. The molecule has 0 aliphatic carbocycles. The molecular formula is C20H18N2O6. The van der Waals surface area contributed by atoms with Gasteiger partial charge in [-0.2, -0.15) is 0 Å². The molecule has 0 unspecified atom stereocenters. The third kappa shape index (κ3) is 3.16. The van der Waals surface area contributed by atoms with E-state index in [9.17, 15) is 19.5 Å². The molecular weight excluding hydrogens is 364 g/mol. The van der Waals surface area contributed by atoms with E-state index in [1.165, 1.54) is 39.5 Å². The minimum Gasteiger partial charge on any atom is -0.502 e. The molecule has 1 saturated heterocycles. The number of methoxy groups -OCH3 is 2. The van der Waals surface area contributed by atoms with Gasteiger partial charge in [0.15, 0.2) is 11.5 Å². The van der Waals surface area contributed by atoms with Crippen molar-refractivity contribution < 1.29 is 29.0 Å². The molecule has 3 rings (SSSR count). The van der Waals surface area contributed by atoms with Gasteiger partial charge in [0.05, 0.1) is 19.9 Å². The van der Waals surface area contributed by atoms with Crippen molar-refractivity contribution in [3.8, 4) is 17.2 Å². The van der Waals surface area contributed by atoms with Crippen LogP contribution in [0.3, 0.4) is 0 Å². The number of amides is 4. The third-order valence-electron chi connectivity index (χ3n) is 4.27. The van der Waals surface area contributed by atoms with E-state index in [1.54, 1.807) is 30.3 Å². The molecule has 8 heteroatoms. The normalized spacial score (nSPS) is 16.0. The highest BCUT2D eigenvalue weighted by atomic mass is 16.5. The van der Waals surface area contributed by atoms with Crippen molar-refractivity contribution in [2.45, 2.75) is 0 Å². The number of imide groups is 2. The molecule has 1 N–H and O–H groups in total. The summed E-state index contributed by atoms with van der Waals surface area (Å²) >= 11 is 0. The zero-order chi connectivity index (χ0) is 20.4. The van der Waals surface area contributed by atoms with Gasteiger partial charge in [0.25, 0.3) is 11.8 Å². The Bertz CT molecular complexity index is 958. The van der Waals surface area contributed by atoms with E-state index in [0.717, 1.165) is 9.80 Å². The number of phenolic OH excluding ortho intramolecular Hbond substituents is 1. The highest BCUT2D eigenvalue weighted by molar-refractivity contribution is 6.39. The van der Waals surface area contributed by atoms with Gasteiger partial charge in [0, 0.05) is 7.05 Å². The molecule has 1 heterocycles. The number of benzene rings is 2. The monoisotopic (exact) mass is 382 g/mol. The summed E-state index contributed by atoms with van der Waals surface area (Å²) in [6.07, 6.45) is 1.33. The topological polar surface area (TPSA) is 96.4 Å². The average Bonchev–Trinajstić information content (AvgIpc) is 2.71. The van der Waals surface area contributed by atoms with E-state index >= 15 is 0 Å². The molecule has 0 bridgehead atoms.